The van der Waals surface area contributed by atoms with Crippen LogP contribution in [-0.4, -0.2) is 58.7 Å². The molecule has 7 nitrogen and oxygen atoms in total. The normalized spacial score (nSPS) is 21.5. The van der Waals surface area contributed by atoms with E-state index in [0.717, 1.165) is 29.3 Å². The summed E-state index contributed by atoms with van der Waals surface area (Å²) in [6.45, 7) is 0.00530. The maximum atomic E-state index is 14.6. The van der Waals surface area contributed by atoms with Crippen LogP contribution in [-0.2, 0) is 15.7 Å². The summed E-state index contributed by atoms with van der Waals surface area (Å²) >= 11 is 5.62. The van der Waals surface area contributed by atoms with Crippen molar-refractivity contribution in [1.82, 2.24) is 15.2 Å². The fraction of sp³-hybridized carbons (Fsp3) is 0.409. The van der Waals surface area contributed by atoms with Gasteiger partial charge in [-0.05, 0) is 24.3 Å². The maximum Gasteiger partial charge on any atom is 0.433 e. The summed E-state index contributed by atoms with van der Waals surface area (Å²) in [6.07, 6.45) is -5.27. The van der Waals surface area contributed by atoms with Crippen LogP contribution in [0.2, 0.25) is 5.02 Å². The zero-order valence-corrected chi connectivity index (χ0v) is 18.6. The lowest BCUT2D eigenvalue weighted by atomic mass is 9.90. The summed E-state index contributed by atoms with van der Waals surface area (Å²) in [7, 11) is 0. The Bertz CT molecular complexity index is 1140. The summed E-state index contributed by atoms with van der Waals surface area (Å²) in [5.74, 6) is -3.86. The Morgan fingerprint density at radius 1 is 1.20 bits per heavy atom. The minimum atomic E-state index is -4.78. The minimum absolute atomic E-state index is 0.155. The van der Waals surface area contributed by atoms with Gasteiger partial charge in [0.25, 0.3) is 5.91 Å². The first-order valence-corrected chi connectivity index (χ1v) is 10.9. The van der Waals surface area contributed by atoms with Gasteiger partial charge in [0.05, 0.1) is 30.4 Å². The predicted octanol–water partition coefficient (Wildman–Crippen LogP) is 3.11. The Morgan fingerprint density at radius 2 is 1.91 bits per heavy atom. The lowest BCUT2D eigenvalue weighted by Gasteiger charge is -2.36. The zero-order chi connectivity index (χ0) is 25.5. The van der Waals surface area contributed by atoms with Gasteiger partial charge in [0.15, 0.2) is 0 Å². The number of pyridine rings is 1. The molecule has 2 aliphatic heterocycles. The number of likely N-dealkylation sites (tertiary alicyclic amines) is 1. The van der Waals surface area contributed by atoms with Gasteiger partial charge in [-0.3, -0.25) is 14.6 Å². The molecule has 0 aliphatic carbocycles. The standard InChI is InChI=1S/C22H19ClF5N3O4/c23-14-6-15(24)13(5-16(14)25)19(11-8-35-9-11)30-20(33)17-4-12(32)7-31(17)21(34)10-1-2-29-18(3-10)22(26,27)28/h1-3,5-6,11-12,17,19,32H,4,7-9H2,(H,30,33)/t12-,17-,19-/m1/s1. The van der Waals surface area contributed by atoms with E-state index in [1.165, 1.54) is 0 Å². The van der Waals surface area contributed by atoms with Crippen LogP contribution in [0.1, 0.15) is 34.1 Å². The maximum absolute atomic E-state index is 14.6. The van der Waals surface area contributed by atoms with E-state index >= 15 is 0 Å². The Hall–Kier alpha value is -2.83. The summed E-state index contributed by atoms with van der Waals surface area (Å²) in [6, 6.07) is 0.976. The van der Waals surface area contributed by atoms with Gasteiger partial charge >= 0.3 is 6.18 Å². The fourth-order valence-electron chi connectivity index (χ4n) is 4.09. The number of alkyl halides is 3. The molecule has 0 saturated carbocycles. The highest BCUT2D eigenvalue weighted by Gasteiger charge is 2.42. The predicted molar refractivity (Wildman–Crippen MR) is 111 cm³/mol. The van der Waals surface area contributed by atoms with Crippen molar-refractivity contribution in [1.29, 1.82) is 0 Å². The number of rotatable bonds is 5. The van der Waals surface area contributed by atoms with Crippen LogP contribution in [0.25, 0.3) is 0 Å². The van der Waals surface area contributed by atoms with E-state index in [1.807, 2.05) is 0 Å². The molecular weight excluding hydrogens is 501 g/mol. The Balaban J connectivity index is 1.59. The molecule has 2 aliphatic rings. The second kappa shape index (κ2) is 9.67. The highest BCUT2D eigenvalue weighted by molar-refractivity contribution is 6.30. The average molecular weight is 520 g/mol. The number of aliphatic hydroxyl groups excluding tert-OH is 1. The van der Waals surface area contributed by atoms with Crippen LogP contribution in [0.15, 0.2) is 30.5 Å². The fourth-order valence-corrected chi connectivity index (χ4v) is 4.24. The Morgan fingerprint density at radius 3 is 2.54 bits per heavy atom. The van der Waals surface area contributed by atoms with E-state index in [0.29, 0.717) is 6.07 Å². The van der Waals surface area contributed by atoms with Gasteiger partial charge < -0.3 is 20.1 Å². The SMILES string of the molecule is O=C(N[C@@H](c1cc(F)c(Cl)cc1F)C1COC1)[C@H]1C[C@@H](O)CN1C(=O)c1ccnc(C(F)(F)F)c1. The third-order valence-corrected chi connectivity index (χ3v) is 6.24. The number of hydrogen-bond acceptors (Lipinski definition) is 5. The molecule has 13 heteroatoms. The number of carbonyl (C=O) groups is 2. The van der Waals surface area contributed by atoms with Gasteiger partial charge in [-0.15, -0.1) is 0 Å². The summed E-state index contributed by atoms with van der Waals surface area (Å²) in [5, 5.41) is 12.3. The van der Waals surface area contributed by atoms with Gasteiger partial charge in [0.2, 0.25) is 5.91 Å². The molecule has 0 bridgehead atoms. The molecule has 2 amide bonds. The number of β-amino-alcohol motifs (C(OH)–C–C–N with tert-alkyl or cyclic N) is 1. The number of ether oxygens (including phenoxy) is 1. The number of aromatic nitrogens is 1. The topological polar surface area (TPSA) is 91.8 Å². The Kier molecular flexibility index (Phi) is 6.98. The van der Waals surface area contributed by atoms with Gasteiger partial charge in [0, 0.05) is 36.2 Å². The summed E-state index contributed by atoms with van der Waals surface area (Å²) in [4.78, 5) is 30.3. The van der Waals surface area contributed by atoms with E-state index in [1.54, 1.807) is 0 Å². The highest BCUT2D eigenvalue weighted by atomic mass is 35.5. The van der Waals surface area contributed by atoms with Gasteiger partial charge in [-0.2, -0.15) is 13.2 Å². The molecule has 2 saturated heterocycles. The zero-order valence-electron chi connectivity index (χ0n) is 17.9. The second-order valence-corrected chi connectivity index (χ2v) is 8.77. The van der Waals surface area contributed by atoms with Crippen LogP contribution in [0.4, 0.5) is 22.0 Å². The molecule has 1 aromatic carbocycles. The first-order chi connectivity index (χ1) is 16.5. The lowest BCUT2D eigenvalue weighted by molar-refractivity contribution is -0.141. The number of halogens is 6. The van der Waals surface area contributed by atoms with Crippen LogP contribution >= 0.6 is 11.6 Å². The van der Waals surface area contributed by atoms with Gasteiger partial charge in [-0.1, -0.05) is 11.6 Å². The third kappa shape index (κ3) is 5.24. The van der Waals surface area contributed by atoms with E-state index in [9.17, 15) is 36.6 Å². The van der Waals surface area contributed by atoms with Crippen LogP contribution in [0.3, 0.4) is 0 Å². The quantitative estimate of drug-likeness (QED) is 0.468. The molecule has 2 aromatic rings. The molecule has 2 fully saturated rings. The van der Waals surface area contributed by atoms with Crippen molar-refractivity contribution in [2.24, 2.45) is 5.92 Å². The summed E-state index contributed by atoms with van der Waals surface area (Å²) < 4.78 is 72.8. The van der Waals surface area contributed by atoms with Crippen LogP contribution in [0, 0.1) is 17.6 Å². The van der Waals surface area contributed by atoms with E-state index in [-0.39, 0.29) is 37.3 Å². The molecular formula is C22H19ClF5N3O4. The molecule has 2 N–H and O–H groups in total. The van der Waals surface area contributed by atoms with Crippen molar-refractivity contribution in [2.75, 3.05) is 19.8 Å². The molecule has 35 heavy (non-hydrogen) atoms. The third-order valence-electron chi connectivity index (χ3n) is 5.95. The molecule has 0 spiro atoms. The summed E-state index contributed by atoms with van der Waals surface area (Å²) in [5.41, 5.74) is -1.82. The molecule has 0 radical (unpaired) electrons. The molecule has 3 atom stereocenters. The van der Waals surface area contributed by atoms with Crippen LogP contribution in [0.5, 0.6) is 0 Å². The number of nitrogens with one attached hydrogen (secondary N) is 1. The van der Waals surface area contributed by atoms with Gasteiger partial charge in [0.1, 0.15) is 23.4 Å². The first-order valence-electron chi connectivity index (χ1n) is 10.5. The van der Waals surface area contributed by atoms with Crippen molar-refractivity contribution in [2.45, 2.75) is 30.8 Å². The smallest absolute Gasteiger partial charge is 0.391 e. The van der Waals surface area contributed by atoms with Gasteiger partial charge in [-0.25, -0.2) is 8.78 Å². The number of benzene rings is 1. The van der Waals surface area contributed by atoms with E-state index in [4.69, 9.17) is 16.3 Å². The number of carbonyl (C=O) groups excluding carboxylic acids is 2. The van der Waals surface area contributed by atoms with E-state index < -0.39 is 64.4 Å². The molecule has 188 valence electrons. The molecule has 1 aromatic heterocycles. The minimum Gasteiger partial charge on any atom is -0.391 e. The van der Waals surface area contributed by atoms with Crippen molar-refractivity contribution in [3.8, 4) is 0 Å². The lowest BCUT2D eigenvalue weighted by Crippen LogP contribution is -2.50. The monoisotopic (exact) mass is 519 g/mol. The molecule has 4 rings (SSSR count). The van der Waals surface area contributed by atoms with Crippen LogP contribution < -0.4 is 5.32 Å². The second-order valence-electron chi connectivity index (χ2n) is 8.36. The molecule has 0 unspecified atom stereocenters. The van der Waals surface area contributed by atoms with Crippen molar-refractivity contribution in [3.05, 3.63) is 63.9 Å². The number of nitrogens with zero attached hydrogens (tertiary/aromatic N) is 2. The van der Waals surface area contributed by atoms with E-state index in [2.05, 4.69) is 10.3 Å². The largest absolute Gasteiger partial charge is 0.433 e. The Labute approximate surface area is 200 Å². The van der Waals surface area contributed by atoms with Crippen molar-refractivity contribution in [3.63, 3.8) is 0 Å². The average Bonchev–Trinajstić information content (AvgIpc) is 3.15. The highest BCUT2D eigenvalue weighted by Crippen LogP contribution is 2.33. The first kappa shape index (κ1) is 25.3. The number of aliphatic hydroxyl groups is 1. The van der Waals surface area contributed by atoms with Crippen molar-refractivity contribution < 1.29 is 41.4 Å². The number of amides is 2. The number of hydrogen-bond donors (Lipinski definition) is 2. The molecule has 3 heterocycles. The van der Waals surface area contributed by atoms with Crippen molar-refractivity contribution >= 4 is 23.4 Å².